The summed E-state index contributed by atoms with van der Waals surface area (Å²) in [5, 5.41) is 4.28. The zero-order chi connectivity index (χ0) is 19.2. The summed E-state index contributed by atoms with van der Waals surface area (Å²) in [4.78, 5) is 15.9. The second-order valence-corrected chi connectivity index (χ2v) is 7.01. The fourth-order valence-electron chi connectivity index (χ4n) is 3.55. The molecule has 0 radical (unpaired) electrons. The van der Waals surface area contributed by atoms with Crippen LogP contribution in [-0.4, -0.2) is 24.0 Å². The number of fused-ring (bicyclic) bond motifs is 1. The van der Waals surface area contributed by atoms with E-state index in [0.717, 1.165) is 35.4 Å². The SMILES string of the molecule is CCCC(C)NC(=O)CCc1c(-c2ccc(OC)cc2)[nH]c2ccccc12. The molecule has 4 heteroatoms. The summed E-state index contributed by atoms with van der Waals surface area (Å²) in [5.41, 5.74) is 4.46. The Kier molecular flexibility index (Phi) is 6.17. The van der Waals surface area contributed by atoms with Gasteiger partial charge in [-0.05, 0) is 61.2 Å². The number of hydrogen-bond acceptors (Lipinski definition) is 2. The second kappa shape index (κ2) is 8.76. The molecule has 1 heterocycles. The van der Waals surface area contributed by atoms with E-state index in [1.165, 1.54) is 10.9 Å². The molecule has 3 rings (SSSR count). The zero-order valence-electron chi connectivity index (χ0n) is 16.3. The minimum atomic E-state index is 0.113. The summed E-state index contributed by atoms with van der Waals surface area (Å²) in [5.74, 6) is 0.947. The zero-order valence-corrected chi connectivity index (χ0v) is 16.3. The van der Waals surface area contributed by atoms with Crippen LogP contribution in [0.5, 0.6) is 5.75 Å². The van der Waals surface area contributed by atoms with Crippen molar-refractivity contribution in [3.05, 3.63) is 54.1 Å². The van der Waals surface area contributed by atoms with Crippen molar-refractivity contribution >= 4 is 16.8 Å². The molecule has 0 saturated carbocycles. The lowest BCUT2D eigenvalue weighted by Crippen LogP contribution is -2.32. The molecule has 4 nitrogen and oxygen atoms in total. The van der Waals surface area contributed by atoms with E-state index in [2.05, 4.69) is 48.4 Å². The van der Waals surface area contributed by atoms with Crippen LogP contribution in [0.3, 0.4) is 0 Å². The molecule has 3 aromatic rings. The van der Waals surface area contributed by atoms with Crippen LogP contribution < -0.4 is 10.1 Å². The minimum Gasteiger partial charge on any atom is -0.497 e. The van der Waals surface area contributed by atoms with Crippen LogP contribution in [0.4, 0.5) is 0 Å². The monoisotopic (exact) mass is 364 g/mol. The number of aromatic nitrogens is 1. The summed E-state index contributed by atoms with van der Waals surface area (Å²) in [6.45, 7) is 4.20. The van der Waals surface area contributed by atoms with Gasteiger partial charge in [-0.2, -0.15) is 0 Å². The molecule has 1 aromatic heterocycles. The predicted molar refractivity (Wildman–Crippen MR) is 111 cm³/mol. The van der Waals surface area contributed by atoms with Gasteiger partial charge in [0.05, 0.1) is 7.11 Å². The highest BCUT2D eigenvalue weighted by molar-refractivity contribution is 5.91. The highest BCUT2D eigenvalue weighted by Crippen LogP contribution is 2.32. The quantitative estimate of drug-likeness (QED) is 0.585. The summed E-state index contributed by atoms with van der Waals surface area (Å²) in [7, 11) is 1.67. The van der Waals surface area contributed by atoms with Crippen LogP contribution in [0, 0.1) is 0 Å². The number of aromatic amines is 1. The second-order valence-electron chi connectivity index (χ2n) is 7.01. The van der Waals surface area contributed by atoms with Crippen LogP contribution in [-0.2, 0) is 11.2 Å². The molecule has 0 saturated heterocycles. The average molecular weight is 364 g/mol. The Hall–Kier alpha value is -2.75. The molecule has 1 amide bonds. The van der Waals surface area contributed by atoms with Crippen LogP contribution >= 0.6 is 0 Å². The van der Waals surface area contributed by atoms with E-state index >= 15 is 0 Å². The number of benzene rings is 2. The van der Waals surface area contributed by atoms with Gasteiger partial charge in [-0.25, -0.2) is 0 Å². The molecule has 0 aliphatic heterocycles. The first-order chi connectivity index (χ1) is 13.1. The smallest absolute Gasteiger partial charge is 0.220 e. The number of rotatable bonds is 8. The minimum absolute atomic E-state index is 0.113. The Morgan fingerprint density at radius 3 is 2.59 bits per heavy atom. The van der Waals surface area contributed by atoms with Gasteiger partial charge in [0.25, 0.3) is 0 Å². The van der Waals surface area contributed by atoms with E-state index in [4.69, 9.17) is 4.74 Å². The molecule has 2 N–H and O–H groups in total. The number of nitrogens with one attached hydrogen (secondary N) is 2. The van der Waals surface area contributed by atoms with E-state index in [9.17, 15) is 4.79 Å². The predicted octanol–water partition coefficient (Wildman–Crippen LogP) is 5.08. The van der Waals surface area contributed by atoms with Gasteiger partial charge >= 0.3 is 0 Å². The fourth-order valence-corrected chi connectivity index (χ4v) is 3.55. The highest BCUT2D eigenvalue weighted by atomic mass is 16.5. The number of para-hydroxylation sites is 1. The lowest BCUT2D eigenvalue weighted by Gasteiger charge is -2.13. The Labute approximate surface area is 160 Å². The van der Waals surface area contributed by atoms with E-state index in [-0.39, 0.29) is 11.9 Å². The summed E-state index contributed by atoms with van der Waals surface area (Å²) >= 11 is 0. The van der Waals surface area contributed by atoms with Crippen molar-refractivity contribution < 1.29 is 9.53 Å². The van der Waals surface area contributed by atoms with Crippen molar-refractivity contribution in [3.63, 3.8) is 0 Å². The molecule has 1 atom stereocenters. The van der Waals surface area contributed by atoms with Crippen molar-refractivity contribution in [1.82, 2.24) is 10.3 Å². The maximum atomic E-state index is 12.4. The first kappa shape index (κ1) is 19.0. The Morgan fingerprint density at radius 2 is 1.89 bits per heavy atom. The summed E-state index contributed by atoms with van der Waals surface area (Å²) < 4.78 is 5.27. The first-order valence-corrected chi connectivity index (χ1v) is 9.65. The van der Waals surface area contributed by atoms with Gasteiger partial charge in [-0.15, -0.1) is 0 Å². The lowest BCUT2D eigenvalue weighted by atomic mass is 10.0. The van der Waals surface area contributed by atoms with E-state index < -0.39 is 0 Å². The summed E-state index contributed by atoms with van der Waals surface area (Å²) in [6, 6.07) is 16.5. The van der Waals surface area contributed by atoms with Crippen molar-refractivity contribution in [3.8, 4) is 17.0 Å². The third-order valence-corrected chi connectivity index (χ3v) is 4.92. The Balaban J connectivity index is 1.85. The number of H-pyrrole nitrogens is 1. The molecule has 142 valence electrons. The van der Waals surface area contributed by atoms with Crippen LogP contribution in [0.2, 0.25) is 0 Å². The van der Waals surface area contributed by atoms with Crippen molar-refractivity contribution in [1.29, 1.82) is 0 Å². The van der Waals surface area contributed by atoms with E-state index in [1.807, 2.05) is 24.3 Å². The molecule has 0 fully saturated rings. The first-order valence-electron chi connectivity index (χ1n) is 9.65. The maximum absolute atomic E-state index is 12.4. The third kappa shape index (κ3) is 4.51. The number of amides is 1. The van der Waals surface area contributed by atoms with Crippen molar-refractivity contribution in [2.45, 2.75) is 45.6 Å². The number of carbonyl (C=O) groups is 1. The molecule has 1 unspecified atom stereocenters. The van der Waals surface area contributed by atoms with E-state index in [0.29, 0.717) is 12.8 Å². The largest absolute Gasteiger partial charge is 0.497 e. The number of aryl methyl sites for hydroxylation is 1. The van der Waals surface area contributed by atoms with Crippen molar-refractivity contribution in [2.24, 2.45) is 0 Å². The van der Waals surface area contributed by atoms with Crippen molar-refractivity contribution in [2.75, 3.05) is 7.11 Å². The topological polar surface area (TPSA) is 54.1 Å². The van der Waals surface area contributed by atoms with Gasteiger partial charge in [0, 0.05) is 29.1 Å². The number of hydrogen-bond donors (Lipinski definition) is 2. The van der Waals surface area contributed by atoms with Gasteiger partial charge < -0.3 is 15.0 Å². The van der Waals surface area contributed by atoms with Crippen LogP contribution in [0.1, 0.15) is 38.7 Å². The normalized spacial score (nSPS) is 12.1. The van der Waals surface area contributed by atoms with Gasteiger partial charge in [0.15, 0.2) is 0 Å². The fraction of sp³-hybridized carbons (Fsp3) is 0.348. The van der Waals surface area contributed by atoms with Crippen LogP contribution in [0.25, 0.3) is 22.2 Å². The number of ether oxygens (including phenoxy) is 1. The van der Waals surface area contributed by atoms with Gasteiger partial charge in [-0.3, -0.25) is 4.79 Å². The van der Waals surface area contributed by atoms with Gasteiger partial charge in [0.2, 0.25) is 5.91 Å². The molecular formula is C23H28N2O2. The molecule has 27 heavy (non-hydrogen) atoms. The highest BCUT2D eigenvalue weighted by Gasteiger charge is 2.15. The molecular weight excluding hydrogens is 336 g/mol. The molecule has 0 aliphatic rings. The van der Waals surface area contributed by atoms with Gasteiger partial charge in [0.1, 0.15) is 5.75 Å². The Bertz CT molecular complexity index is 896. The molecule has 0 spiro atoms. The number of methoxy groups -OCH3 is 1. The van der Waals surface area contributed by atoms with E-state index in [1.54, 1.807) is 7.11 Å². The molecule has 0 bridgehead atoms. The maximum Gasteiger partial charge on any atom is 0.220 e. The molecule has 2 aromatic carbocycles. The van der Waals surface area contributed by atoms with Crippen LogP contribution in [0.15, 0.2) is 48.5 Å². The Morgan fingerprint density at radius 1 is 1.15 bits per heavy atom. The number of carbonyl (C=O) groups excluding carboxylic acids is 1. The third-order valence-electron chi connectivity index (χ3n) is 4.92. The molecule has 0 aliphatic carbocycles. The summed E-state index contributed by atoms with van der Waals surface area (Å²) in [6.07, 6.45) is 3.27. The average Bonchev–Trinajstić information content (AvgIpc) is 3.05. The van der Waals surface area contributed by atoms with Gasteiger partial charge in [-0.1, -0.05) is 31.5 Å². The standard InChI is InChI=1S/C23H28N2O2/c1-4-7-16(2)24-22(26)15-14-20-19-8-5-6-9-21(19)25-23(20)17-10-12-18(27-3)13-11-17/h5-6,8-13,16,25H,4,7,14-15H2,1-3H3,(H,24,26). The lowest BCUT2D eigenvalue weighted by molar-refractivity contribution is -0.121.